The second-order valence-corrected chi connectivity index (χ2v) is 13.7. The Bertz CT molecular complexity index is 1560. The number of ether oxygens (including phenoxy) is 1. The summed E-state index contributed by atoms with van der Waals surface area (Å²) in [5.74, 6) is -0.236. The number of rotatable bonds is 10. The predicted molar refractivity (Wildman–Crippen MR) is 157 cm³/mol. The summed E-state index contributed by atoms with van der Waals surface area (Å²) in [7, 11) is -7.45. The molecule has 0 atom stereocenters. The zero-order valence-corrected chi connectivity index (χ0v) is 24.8. The Balaban J connectivity index is 1.30. The summed E-state index contributed by atoms with van der Waals surface area (Å²) >= 11 is 12.0. The lowest BCUT2D eigenvalue weighted by atomic mass is 9.97. The van der Waals surface area contributed by atoms with Crippen molar-refractivity contribution >= 4 is 60.5 Å². The quantitative estimate of drug-likeness (QED) is 0.312. The third-order valence-corrected chi connectivity index (χ3v) is 10.2. The van der Waals surface area contributed by atoms with E-state index >= 15 is 0 Å². The van der Waals surface area contributed by atoms with Gasteiger partial charge >= 0.3 is 0 Å². The molecule has 3 aromatic carbocycles. The zero-order chi connectivity index (χ0) is 28.9. The first-order valence-electron chi connectivity index (χ1n) is 12.6. The predicted octanol–water partition coefficient (Wildman–Crippen LogP) is 5.37. The average molecular weight is 627 g/mol. The highest BCUT2D eigenvalue weighted by atomic mass is 35.5. The van der Waals surface area contributed by atoms with E-state index in [1.807, 2.05) is 6.92 Å². The van der Waals surface area contributed by atoms with Gasteiger partial charge in [0.05, 0.1) is 17.3 Å². The van der Waals surface area contributed by atoms with E-state index in [1.165, 1.54) is 34.6 Å². The topological polar surface area (TPSA) is 122 Å². The fourth-order valence-corrected chi connectivity index (χ4v) is 7.49. The van der Waals surface area contributed by atoms with Crippen molar-refractivity contribution in [1.82, 2.24) is 4.31 Å². The van der Waals surface area contributed by atoms with Crippen LogP contribution in [0.1, 0.15) is 25.3 Å². The minimum Gasteiger partial charge on any atom is -0.494 e. The van der Waals surface area contributed by atoms with Crippen LogP contribution in [0, 0.1) is 5.92 Å². The van der Waals surface area contributed by atoms with E-state index in [1.54, 1.807) is 36.4 Å². The van der Waals surface area contributed by atoms with Crippen molar-refractivity contribution in [3.05, 3.63) is 82.3 Å². The van der Waals surface area contributed by atoms with Crippen LogP contribution in [0.4, 0.5) is 11.4 Å². The van der Waals surface area contributed by atoms with Crippen molar-refractivity contribution in [3.8, 4) is 5.75 Å². The summed E-state index contributed by atoms with van der Waals surface area (Å²) in [6, 6.07) is 17.1. The largest absolute Gasteiger partial charge is 0.494 e. The molecule has 0 unspecified atom stereocenters. The van der Waals surface area contributed by atoms with Crippen LogP contribution in [0.15, 0.2) is 71.6 Å². The molecule has 214 valence electrons. The molecule has 2 N–H and O–H groups in total. The standard InChI is InChI=1S/C27H29Cl2N3O6S2/c1-2-38-24-9-5-23(6-10-24)31-40(36,37)25-11-7-22(8-12-25)30-27(33)19-13-15-32(16-14-19)39(34,35)18-20-3-4-21(28)17-26(20)29/h3-12,17,19,31H,2,13-16,18H2,1H3,(H,30,33). The van der Waals surface area contributed by atoms with Crippen molar-refractivity contribution in [1.29, 1.82) is 0 Å². The van der Waals surface area contributed by atoms with Gasteiger partial charge in [0, 0.05) is 40.4 Å². The molecule has 0 saturated carbocycles. The molecular weight excluding hydrogens is 597 g/mol. The first kappa shape index (κ1) is 30.1. The molecule has 0 bridgehead atoms. The molecule has 4 rings (SSSR count). The van der Waals surface area contributed by atoms with Crippen molar-refractivity contribution in [2.24, 2.45) is 5.92 Å². The Hall–Kier alpha value is -2.83. The number of hydrogen-bond acceptors (Lipinski definition) is 6. The lowest BCUT2D eigenvalue weighted by Gasteiger charge is -2.30. The van der Waals surface area contributed by atoms with Gasteiger partial charge in [0.2, 0.25) is 15.9 Å². The van der Waals surface area contributed by atoms with Gasteiger partial charge in [0.15, 0.2) is 0 Å². The van der Waals surface area contributed by atoms with Gasteiger partial charge in [-0.3, -0.25) is 9.52 Å². The highest BCUT2D eigenvalue weighted by Crippen LogP contribution is 2.27. The maximum Gasteiger partial charge on any atom is 0.261 e. The van der Waals surface area contributed by atoms with Crippen LogP contribution in [0.3, 0.4) is 0 Å². The number of anilines is 2. The number of amides is 1. The van der Waals surface area contributed by atoms with Crippen molar-refractivity contribution in [2.45, 2.75) is 30.4 Å². The van der Waals surface area contributed by atoms with E-state index in [4.69, 9.17) is 27.9 Å². The van der Waals surface area contributed by atoms with Crippen molar-refractivity contribution < 1.29 is 26.4 Å². The Morgan fingerprint density at radius 2 is 1.55 bits per heavy atom. The van der Waals surface area contributed by atoms with Crippen LogP contribution in [0.2, 0.25) is 10.0 Å². The van der Waals surface area contributed by atoms with Gasteiger partial charge in [-0.2, -0.15) is 0 Å². The smallest absolute Gasteiger partial charge is 0.261 e. The average Bonchev–Trinajstić information content (AvgIpc) is 2.92. The highest BCUT2D eigenvalue weighted by Gasteiger charge is 2.31. The minimum absolute atomic E-state index is 0.0405. The molecule has 1 heterocycles. The third kappa shape index (κ3) is 7.67. The fraction of sp³-hybridized carbons (Fsp3) is 0.296. The van der Waals surface area contributed by atoms with E-state index in [9.17, 15) is 21.6 Å². The van der Waals surface area contributed by atoms with Gasteiger partial charge < -0.3 is 10.1 Å². The number of hydrogen-bond donors (Lipinski definition) is 2. The van der Waals surface area contributed by atoms with Crippen molar-refractivity contribution in [2.75, 3.05) is 29.7 Å². The van der Waals surface area contributed by atoms with E-state index < -0.39 is 20.0 Å². The normalized spacial score (nSPS) is 15.0. The molecule has 0 radical (unpaired) electrons. The van der Waals surface area contributed by atoms with E-state index in [-0.39, 0.29) is 40.6 Å². The monoisotopic (exact) mass is 625 g/mol. The summed E-state index contributed by atoms with van der Waals surface area (Å²) in [6.45, 7) is 2.79. The van der Waals surface area contributed by atoms with Gasteiger partial charge in [-0.25, -0.2) is 21.1 Å². The molecule has 13 heteroatoms. The van der Waals surface area contributed by atoms with Crippen LogP contribution in [0.25, 0.3) is 0 Å². The first-order chi connectivity index (χ1) is 19.0. The van der Waals surface area contributed by atoms with E-state index in [0.29, 0.717) is 47.2 Å². The summed E-state index contributed by atoms with van der Waals surface area (Å²) < 4.78 is 60.6. The number of carbonyl (C=O) groups is 1. The maximum absolute atomic E-state index is 12.9. The molecule has 9 nitrogen and oxygen atoms in total. The van der Waals surface area contributed by atoms with Crippen LogP contribution >= 0.6 is 23.2 Å². The lowest BCUT2D eigenvalue weighted by molar-refractivity contribution is -0.120. The Morgan fingerprint density at radius 1 is 0.925 bits per heavy atom. The summed E-state index contributed by atoms with van der Waals surface area (Å²) in [5.41, 5.74) is 1.30. The minimum atomic E-state index is -3.83. The van der Waals surface area contributed by atoms with Crippen LogP contribution in [-0.4, -0.2) is 46.7 Å². The van der Waals surface area contributed by atoms with E-state index in [2.05, 4.69) is 10.0 Å². The summed E-state index contributed by atoms with van der Waals surface area (Å²) in [6.07, 6.45) is 0.718. The first-order valence-corrected chi connectivity index (χ1v) is 16.4. The second-order valence-electron chi connectivity index (χ2n) is 9.24. The Labute approximate surface area is 244 Å². The lowest BCUT2D eigenvalue weighted by Crippen LogP contribution is -2.41. The number of halogens is 2. The SMILES string of the molecule is CCOc1ccc(NS(=O)(=O)c2ccc(NC(=O)C3CCN(S(=O)(=O)Cc4ccc(Cl)cc4Cl)CC3)cc2)cc1. The molecule has 1 aliphatic rings. The molecule has 0 spiro atoms. The number of benzene rings is 3. The molecule has 3 aromatic rings. The van der Waals surface area contributed by atoms with Gasteiger partial charge in [0.25, 0.3) is 10.0 Å². The Kier molecular flexibility index (Phi) is 9.63. The Morgan fingerprint density at radius 3 is 2.15 bits per heavy atom. The molecule has 0 aromatic heterocycles. The van der Waals surface area contributed by atoms with Gasteiger partial charge in [-0.15, -0.1) is 0 Å². The summed E-state index contributed by atoms with van der Waals surface area (Å²) in [4.78, 5) is 12.9. The summed E-state index contributed by atoms with van der Waals surface area (Å²) in [5, 5.41) is 3.51. The molecule has 1 amide bonds. The second kappa shape index (κ2) is 12.8. The van der Waals surface area contributed by atoms with Crippen LogP contribution < -0.4 is 14.8 Å². The van der Waals surface area contributed by atoms with Gasteiger partial charge in [-0.05, 0) is 86.0 Å². The zero-order valence-electron chi connectivity index (χ0n) is 21.6. The molecule has 0 aliphatic carbocycles. The molecule has 1 saturated heterocycles. The van der Waals surface area contributed by atoms with Crippen LogP contribution in [0.5, 0.6) is 5.75 Å². The number of nitrogens with one attached hydrogen (secondary N) is 2. The van der Waals surface area contributed by atoms with Gasteiger partial charge in [0.1, 0.15) is 5.75 Å². The number of piperidine rings is 1. The third-order valence-electron chi connectivity index (χ3n) is 6.42. The van der Waals surface area contributed by atoms with E-state index in [0.717, 1.165) is 0 Å². The van der Waals surface area contributed by atoms with Gasteiger partial charge in [-0.1, -0.05) is 29.3 Å². The highest BCUT2D eigenvalue weighted by molar-refractivity contribution is 7.92. The maximum atomic E-state index is 12.9. The van der Waals surface area contributed by atoms with Crippen molar-refractivity contribution in [3.63, 3.8) is 0 Å². The molecule has 1 fully saturated rings. The molecule has 40 heavy (non-hydrogen) atoms. The molecular formula is C27H29Cl2N3O6S2. The number of sulfonamides is 2. The fourth-order valence-electron chi connectivity index (χ4n) is 4.28. The molecule has 1 aliphatic heterocycles. The number of carbonyl (C=O) groups excluding carboxylic acids is 1. The number of nitrogens with zero attached hydrogens (tertiary/aromatic N) is 1. The van der Waals surface area contributed by atoms with Crippen LogP contribution in [-0.2, 0) is 30.6 Å².